The van der Waals surface area contributed by atoms with Crippen LogP contribution < -0.4 is 43.8 Å². The van der Waals surface area contributed by atoms with E-state index in [1.54, 1.807) is 27.7 Å². The van der Waals surface area contributed by atoms with Crippen LogP contribution in [-0.4, -0.2) is 143 Å². The number of amides is 5. The van der Waals surface area contributed by atoms with Gasteiger partial charge in [-0.3, -0.25) is 62.3 Å². The van der Waals surface area contributed by atoms with Gasteiger partial charge in [-0.05, 0) is 47.3 Å². The molecular formula is C104H212N8O16. The molecule has 5 amide bonds. The van der Waals surface area contributed by atoms with Crippen molar-refractivity contribution in [3.05, 3.63) is 0 Å². The van der Waals surface area contributed by atoms with Crippen LogP contribution in [-0.2, 0) is 76.7 Å². The summed E-state index contributed by atoms with van der Waals surface area (Å²) < 4.78 is 30.1. The van der Waals surface area contributed by atoms with Crippen molar-refractivity contribution in [1.29, 1.82) is 0 Å². The van der Waals surface area contributed by atoms with Crippen LogP contribution >= 0.6 is 0 Å². The van der Waals surface area contributed by atoms with Crippen LogP contribution in [0.1, 0.15) is 393 Å². The Kier molecular flexibility index (Phi) is 86.8. The molecule has 0 aromatic heterocycles. The van der Waals surface area contributed by atoms with E-state index in [-0.39, 0.29) is 241 Å². The Bertz CT molecular complexity index is 2880. The maximum Gasteiger partial charge on any atom is 0.223 e. The highest BCUT2D eigenvalue weighted by Gasteiger charge is 2.34. The minimum absolute atomic E-state index is 0. The molecule has 0 saturated carbocycles. The molecule has 11 N–H and O–H groups in total. The van der Waals surface area contributed by atoms with Crippen LogP contribution in [0.2, 0.25) is 0 Å². The van der Waals surface area contributed by atoms with Crippen LogP contribution in [0.25, 0.3) is 0 Å². The molecule has 0 fully saturated rings. The van der Waals surface area contributed by atoms with E-state index in [9.17, 15) is 76.7 Å². The molecule has 0 bridgehead atoms. The monoisotopic (exact) mass is 1860 g/mol. The Morgan fingerprint density at radius 3 is 0.648 bits per heavy atom. The number of aldehydes is 3. The highest BCUT2D eigenvalue weighted by atomic mass is 18.1. The first-order valence-electron chi connectivity index (χ1n) is 50.3. The van der Waals surface area contributed by atoms with Gasteiger partial charge in [-0.25, -0.2) is 0 Å². The fourth-order valence-corrected chi connectivity index (χ4v) is 9.57. The Morgan fingerprint density at radius 2 is 0.469 bits per heavy atom. The quantitative estimate of drug-likeness (QED) is 0.0121. The molecule has 24 nitrogen and oxygen atoms in total. The fourth-order valence-electron chi connectivity index (χ4n) is 9.57. The lowest BCUT2D eigenvalue weighted by Gasteiger charge is -2.25. The molecule has 0 aliphatic carbocycles. The molecule has 0 saturated heterocycles. The second kappa shape index (κ2) is 82.5. The van der Waals surface area contributed by atoms with Crippen LogP contribution in [0.4, 0.5) is 0 Å². The van der Waals surface area contributed by atoms with Crippen LogP contribution in [0.3, 0.4) is 0 Å². The number of Topliss-reactive ketones (excluding diaryl/α,β-unsaturated/α-hetero) is 8. The van der Waals surface area contributed by atoms with E-state index in [1.165, 1.54) is 6.92 Å². The molecule has 16 unspecified atom stereocenters. The molecule has 0 aliphatic heterocycles. The van der Waals surface area contributed by atoms with Gasteiger partial charge in [0.05, 0.1) is 48.3 Å². The summed E-state index contributed by atoms with van der Waals surface area (Å²) >= 11 is 0. The van der Waals surface area contributed by atoms with E-state index in [2.05, 4.69) is 47.4 Å². The van der Waals surface area contributed by atoms with Crippen molar-refractivity contribution in [2.24, 2.45) is 159 Å². The van der Waals surface area contributed by atoms with Gasteiger partial charge < -0.3 is 58.2 Å². The molecule has 0 rings (SSSR count). The Hall–Kier alpha value is -6.40. The van der Waals surface area contributed by atoms with Gasteiger partial charge in [0, 0.05) is 104 Å². The number of ketones is 8. The van der Waals surface area contributed by atoms with Gasteiger partial charge in [0.15, 0.2) is 46.3 Å². The van der Waals surface area contributed by atoms with Gasteiger partial charge in [0.2, 0.25) is 29.5 Å². The molecule has 24 heteroatoms. The largest absolute Gasteiger partial charge is 0.346 e. The SMILES string of the molecule is CC(C)[13CH]=O.CC(C)[13CH]=[18O].CC(C)[13CH]=[18O].CCC(C)C(NC(=[18O])C(C)C)C(=O)C(C)C.CCC(C)C(N[13C](=O)C(C)C)C(=O)C(C)C.CCC(C)C(N[13C](=[18O])C(C)C)C(=O)C(C)C.CCC(C)C(N[13C](=[18O])C(C)C)C(=[18O])C(C)C.CCC(C)C([15NH2])C(=O)C(C)C.CCC(C)C([15NH2])C(=[18O])C(C)C.CCC(C)C([15NH2])C(=[18O])C(C)C.[2H]C([2H])([2H])CC([2H])(C)C(N[13C](=O)C(C)C)C(=O)C(C)C.[HH].[HH].[HH]. The number of nitrogens with two attached hydrogens (primary N) is 3. The van der Waals surface area contributed by atoms with Gasteiger partial charge >= 0.3 is 0 Å². The maximum atomic E-state index is 12.2. The topological polar surface area (TPSA) is 411 Å². The smallest absolute Gasteiger partial charge is 0.223 e. The van der Waals surface area contributed by atoms with E-state index in [1.807, 2.05) is 270 Å². The third-order valence-electron chi connectivity index (χ3n) is 21.4. The van der Waals surface area contributed by atoms with Crippen LogP contribution in [0, 0.1) is 142 Å². The molecular weight excluding hydrogens is 1640 g/mol. The van der Waals surface area contributed by atoms with E-state index >= 15 is 0 Å². The lowest BCUT2D eigenvalue weighted by atomic mass is 9.90. The number of carbonyl (C=O) groups is 16. The molecule has 0 aliphatic rings. The first-order valence-corrected chi connectivity index (χ1v) is 48.3. The first-order chi connectivity index (χ1) is 59.8. The minimum atomic E-state index is -2.32. The molecule has 0 heterocycles. The highest BCUT2D eigenvalue weighted by Crippen LogP contribution is 2.21. The normalized spacial score (nSPS) is 15.5. The van der Waals surface area contributed by atoms with E-state index in [0.717, 1.165) is 63.8 Å². The van der Waals surface area contributed by atoms with E-state index < -0.39 is 25.2 Å². The molecule has 0 aromatic rings. The zero-order valence-electron chi connectivity index (χ0n) is 94.6. The van der Waals surface area contributed by atoms with E-state index in [0.29, 0.717) is 17.8 Å². The first kappa shape index (κ1) is 135. The van der Waals surface area contributed by atoms with Crippen molar-refractivity contribution >= 4 is 94.7 Å². The summed E-state index contributed by atoms with van der Waals surface area (Å²) in [5.41, 5.74) is 17.2. The summed E-state index contributed by atoms with van der Waals surface area (Å²) in [4.78, 5) is 181. The lowest BCUT2D eigenvalue weighted by molar-refractivity contribution is -0.132. The zero-order valence-corrected chi connectivity index (χ0v) is 90.6. The van der Waals surface area contributed by atoms with Crippen molar-refractivity contribution in [2.75, 3.05) is 0 Å². The molecule has 0 spiro atoms. The van der Waals surface area contributed by atoms with Crippen molar-refractivity contribution in [1.82, 2.24) is 26.6 Å². The summed E-state index contributed by atoms with van der Waals surface area (Å²) in [7, 11) is 0. The van der Waals surface area contributed by atoms with Gasteiger partial charge in [-0.15, -0.1) is 0 Å². The van der Waals surface area contributed by atoms with Crippen molar-refractivity contribution in [2.45, 2.75) is 432 Å². The number of rotatable bonds is 45. The van der Waals surface area contributed by atoms with Crippen LogP contribution in [0.5, 0.6) is 0 Å². The predicted molar refractivity (Wildman–Crippen MR) is 541 cm³/mol. The predicted octanol–water partition coefficient (Wildman–Crippen LogP) is 20.0. The molecule has 16 atom stereocenters. The Labute approximate surface area is 795 Å². The lowest BCUT2D eigenvalue weighted by Crippen LogP contribution is -2.48. The summed E-state index contributed by atoms with van der Waals surface area (Å²) in [6, 6.07) is -3.24. The van der Waals surface area contributed by atoms with Gasteiger partial charge in [0.1, 0.15) is 18.9 Å². The average Bonchev–Trinajstić information content (AvgIpc) is 0.818. The molecule has 0 radical (unpaired) electrons. The highest BCUT2D eigenvalue weighted by molar-refractivity contribution is 5.94. The standard InChI is InChI=1S/5C13H25NO2.3C9H19NO.3C4H8O.3H2/c5*1-7-10(6)11(12(15)8(2)3)14-13(16)9(4)5;3*1-5-7(4)8(10)9(11)6(2)3;3*1-4(2)3-5;;;/h5*8-11H,7H2,1-6H3,(H,14,16);3*6-8H,5,10H2,1-4H3;3*3-4H,1-2H3;3*1H/i13+1,15+2,16+2;1D3,10D,13+1;13+1,16+2;16+2;13+1;2*10+1,11+2;10+1;2*3+1,5+2;3+1;;;. The molecule has 128 heavy (non-hydrogen) atoms. The summed E-state index contributed by atoms with van der Waals surface area (Å²) in [5.74, 6) is -0.0110. The van der Waals surface area contributed by atoms with Crippen molar-refractivity contribution in [3.8, 4) is 0 Å². The second-order valence-corrected chi connectivity index (χ2v) is 39.6. The van der Waals surface area contributed by atoms with Gasteiger partial charge in [-0.2, -0.15) is 0 Å². The van der Waals surface area contributed by atoms with Crippen molar-refractivity contribution in [3.63, 3.8) is 0 Å². The number of carbonyl (C=O) groups excluding carboxylic acids is 16. The Morgan fingerprint density at radius 1 is 0.273 bits per heavy atom. The third-order valence-corrected chi connectivity index (χ3v) is 21.4. The number of hydrogen-bond donors (Lipinski definition) is 8. The number of hydrogen-bond acceptors (Lipinski definition) is 19. The fraction of sp³-hybridized carbons (Fsp3) is 0.846. The average molecular weight is 1860 g/mol. The summed E-state index contributed by atoms with van der Waals surface area (Å²) in [6.07, 6.45) is 8.77. The maximum absolute atomic E-state index is 12.2. The third kappa shape index (κ3) is 73.2. The molecule has 764 valence electrons. The van der Waals surface area contributed by atoms with Crippen LogP contribution in [0.15, 0.2) is 0 Å². The minimum Gasteiger partial charge on any atom is -0.346 e. The molecule has 0 aromatic carbocycles. The van der Waals surface area contributed by atoms with Crippen molar-refractivity contribution < 1.29 is 86.5 Å². The van der Waals surface area contributed by atoms with Gasteiger partial charge in [0.25, 0.3) is 0 Å². The number of nitrogens with one attached hydrogen (secondary N) is 5. The summed E-state index contributed by atoms with van der Waals surface area (Å²) in [5, 5.41) is 14.0. The zero-order chi connectivity index (χ0) is 108. The second-order valence-electron chi connectivity index (χ2n) is 39.6. The summed E-state index contributed by atoms with van der Waals surface area (Å²) in [6.45, 7) is 86.3. The van der Waals surface area contributed by atoms with E-state index in [4.69, 9.17) is 22.7 Å². The Balaban J connectivity index is -0.000000101. The van der Waals surface area contributed by atoms with Gasteiger partial charge in [-0.1, -0.05) is 384 Å².